The summed E-state index contributed by atoms with van der Waals surface area (Å²) in [5.41, 5.74) is 3.20. The molecule has 19 heavy (non-hydrogen) atoms. The summed E-state index contributed by atoms with van der Waals surface area (Å²) in [6, 6.07) is 0. The molecule has 2 rings (SSSR count). The van der Waals surface area contributed by atoms with Crippen molar-refractivity contribution in [3.63, 3.8) is 0 Å². The topological polar surface area (TPSA) is 111 Å². The zero-order valence-corrected chi connectivity index (χ0v) is 10.5. The number of ether oxygens (including phenoxy) is 1. The van der Waals surface area contributed by atoms with E-state index in [9.17, 15) is 15.0 Å². The minimum atomic E-state index is -1.53. The van der Waals surface area contributed by atoms with Crippen molar-refractivity contribution in [1.82, 2.24) is 9.55 Å². The highest BCUT2D eigenvalue weighted by atomic mass is 35.5. The Bertz CT molecular complexity index is 597. The number of halogens is 1. The molecule has 1 aromatic rings. The summed E-state index contributed by atoms with van der Waals surface area (Å²) in [5, 5.41) is 19.2. The van der Waals surface area contributed by atoms with E-state index in [0.29, 0.717) is 0 Å². The third-order valence-corrected chi connectivity index (χ3v) is 3.32. The second-order valence-electron chi connectivity index (χ2n) is 4.18. The first kappa shape index (κ1) is 13.8. The summed E-state index contributed by atoms with van der Waals surface area (Å²) < 4.78 is 6.49. The Morgan fingerprint density at radius 1 is 1.79 bits per heavy atom. The summed E-state index contributed by atoms with van der Waals surface area (Å²) >= 11 is 5.78. The molecule has 0 saturated carbocycles. The Balaban J connectivity index is 2.39. The zero-order chi connectivity index (χ0) is 14.2. The molecule has 0 unspecified atom stereocenters. The molecule has 0 radical (unpaired) electrons. The van der Waals surface area contributed by atoms with Crippen LogP contribution < -0.4 is 11.4 Å². The first-order chi connectivity index (χ1) is 8.93. The molecule has 2 heterocycles. The van der Waals surface area contributed by atoms with Gasteiger partial charge < -0.3 is 20.7 Å². The molecule has 1 aliphatic rings. The highest BCUT2D eigenvalue weighted by Crippen LogP contribution is 2.35. The molecule has 0 bridgehead atoms. The lowest BCUT2D eigenvalue weighted by Crippen LogP contribution is -2.41. The van der Waals surface area contributed by atoms with Gasteiger partial charge in [-0.15, -0.1) is 6.42 Å². The summed E-state index contributed by atoms with van der Waals surface area (Å²) in [5.74, 6) is 2.12. The van der Waals surface area contributed by atoms with Crippen molar-refractivity contribution in [3.8, 4) is 12.3 Å². The molecule has 1 saturated heterocycles. The van der Waals surface area contributed by atoms with Gasteiger partial charge in [-0.25, -0.2) is 4.79 Å². The van der Waals surface area contributed by atoms with Gasteiger partial charge in [0.2, 0.25) is 0 Å². The Hall–Kier alpha value is -1.59. The number of aliphatic hydroxyl groups is 2. The van der Waals surface area contributed by atoms with Gasteiger partial charge in [0, 0.05) is 12.6 Å². The molecule has 0 spiro atoms. The molecule has 0 aromatic carbocycles. The highest BCUT2D eigenvalue weighted by Gasteiger charge is 2.47. The summed E-state index contributed by atoms with van der Waals surface area (Å²) in [6.07, 6.45) is 4.58. The number of nitrogens with zero attached hydrogens (tertiary/aromatic N) is 2. The molecular weight excluding hydrogens is 274 g/mol. The van der Waals surface area contributed by atoms with Crippen LogP contribution in [0.1, 0.15) is 12.6 Å². The van der Waals surface area contributed by atoms with Crippen molar-refractivity contribution in [2.75, 3.05) is 12.3 Å². The fourth-order valence-electron chi connectivity index (χ4n) is 1.90. The maximum atomic E-state index is 11.7. The maximum Gasteiger partial charge on any atom is 0.351 e. The smallest absolute Gasteiger partial charge is 0.351 e. The minimum absolute atomic E-state index is 0.0343. The van der Waals surface area contributed by atoms with Gasteiger partial charge in [0.1, 0.15) is 18.1 Å². The van der Waals surface area contributed by atoms with Crippen molar-refractivity contribution in [2.45, 2.75) is 24.4 Å². The lowest BCUT2D eigenvalue weighted by Gasteiger charge is -2.23. The summed E-state index contributed by atoms with van der Waals surface area (Å²) in [6.45, 7) is -0.563. The van der Waals surface area contributed by atoms with E-state index in [-0.39, 0.29) is 17.3 Å². The first-order valence-electron chi connectivity index (χ1n) is 5.42. The lowest BCUT2D eigenvalue weighted by atomic mass is 9.99. The van der Waals surface area contributed by atoms with Crippen LogP contribution >= 0.6 is 11.6 Å². The number of terminal acetylenes is 1. The standard InChI is InChI=1S/C11H12ClN3O4/c1-2-11(5-16)7(17)3-8(19-11)15-4-6(12)9(13)14-10(15)18/h1,4,7-8,16-17H,3,5H2,(H2,13,14,18)/t7-,8-,11-/m1/s1. The second kappa shape index (κ2) is 4.83. The van der Waals surface area contributed by atoms with Crippen molar-refractivity contribution >= 4 is 17.4 Å². The molecule has 1 aliphatic heterocycles. The monoisotopic (exact) mass is 285 g/mol. The average molecular weight is 286 g/mol. The van der Waals surface area contributed by atoms with E-state index >= 15 is 0 Å². The van der Waals surface area contributed by atoms with Gasteiger partial charge >= 0.3 is 5.69 Å². The van der Waals surface area contributed by atoms with Crippen LogP contribution in [0.4, 0.5) is 5.82 Å². The van der Waals surface area contributed by atoms with Crippen molar-refractivity contribution in [2.24, 2.45) is 0 Å². The highest BCUT2D eigenvalue weighted by molar-refractivity contribution is 6.32. The quantitative estimate of drug-likeness (QED) is 0.609. The normalized spacial score (nSPS) is 30.2. The average Bonchev–Trinajstić information content (AvgIpc) is 2.71. The van der Waals surface area contributed by atoms with E-state index in [0.717, 1.165) is 4.57 Å². The Morgan fingerprint density at radius 3 is 3.00 bits per heavy atom. The Kier molecular flexibility index (Phi) is 3.52. The minimum Gasteiger partial charge on any atom is -0.392 e. The van der Waals surface area contributed by atoms with Gasteiger partial charge in [0.05, 0.1) is 11.6 Å². The number of aromatic nitrogens is 2. The van der Waals surface area contributed by atoms with Crippen molar-refractivity contribution in [3.05, 3.63) is 21.7 Å². The van der Waals surface area contributed by atoms with E-state index in [2.05, 4.69) is 10.9 Å². The van der Waals surface area contributed by atoms with Crippen molar-refractivity contribution < 1.29 is 14.9 Å². The molecule has 0 amide bonds. The van der Waals surface area contributed by atoms with Crippen LogP contribution in [0.15, 0.2) is 11.0 Å². The molecule has 7 nitrogen and oxygen atoms in total. The number of rotatable bonds is 2. The zero-order valence-electron chi connectivity index (χ0n) is 9.78. The van der Waals surface area contributed by atoms with Crippen LogP contribution in [0.3, 0.4) is 0 Å². The third-order valence-electron chi connectivity index (χ3n) is 3.03. The molecular formula is C11H12ClN3O4. The van der Waals surface area contributed by atoms with Gasteiger partial charge in [0.15, 0.2) is 5.60 Å². The number of hydrogen-bond donors (Lipinski definition) is 3. The van der Waals surface area contributed by atoms with Crippen LogP contribution in [0, 0.1) is 12.3 Å². The second-order valence-corrected chi connectivity index (χ2v) is 4.59. The van der Waals surface area contributed by atoms with E-state index in [1.165, 1.54) is 6.20 Å². The molecule has 0 aliphatic carbocycles. The van der Waals surface area contributed by atoms with E-state index < -0.39 is 30.2 Å². The number of aliphatic hydroxyl groups excluding tert-OH is 2. The van der Waals surface area contributed by atoms with E-state index in [4.69, 9.17) is 28.5 Å². The molecule has 8 heteroatoms. The van der Waals surface area contributed by atoms with Crippen LogP contribution in [0.2, 0.25) is 5.02 Å². The molecule has 4 N–H and O–H groups in total. The number of hydrogen-bond acceptors (Lipinski definition) is 6. The van der Waals surface area contributed by atoms with Gasteiger partial charge in [-0.2, -0.15) is 4.98 Å². The van der Waals surface area contributed by atoms with E-state index in [1.807, 2.05) is 0 Å². The third kappa shape index (κ3) is 2.19. The number of nitrogens with two attached hydrogens (primary N) is 1. The lowest BCUT2D eigenvalue weighted by molar-refractivity contribution is -0.0912. The molecule has 1 fully saturated rings. The number of nitrogen functional groups attached to an aromatic ring is 1. The molecule has 102 valence electrons. The van der Waals surface area contributed by atoms with Gasteiger partial charge in [-0.1, -0.05) is 17.5 Å². The SMILES string of the molecule is C#C[C@]1(CO)O[C@@H](n2cc(Cl)c(N)nc2=O)C[C@H]1O. The van der Waals surface area contributed by atoms with Crippen LogP contribution in [-0.2, 0) is 4.74 Å². The Morgan fingerprint density at radius 2 is 2.47 bits per heavy atom. The molecule has 3 atom stereocenters. The van der Waals surface area contributed by atoms with Gasteiger partial charge in [-0.05, 0) is 0 Å². The largest absolute Gasteiger partial charge is 0.392 e. The summed E-state index contributed by atoms with van der Waals surface area (Å²) in [7, 11) is 0. The Labute approximate surface area is 113 Å². The van der Waals surface area contributed by atoms with Gasteiger partial charge in [-0.3, -0.25) is 4.57 Å². The molecule has 1 aromatic heterocycles. The first-order valence-corrected chi connectivity index (χ1v) is 5.80. The predicted octanol–water partition coefficient (Wildman–Crippen LogP) is -0.877. The maximum absolute atomic E-state index is 11.7. The van der Waals surface area contributed by atoms with E-state index in [1.54, 1.807) is 0 Å². The fraction of sp³-hybridized carbons (Fsp3) is 0.455. The van der Waals surface area contributed by atoms with Crippen LogP contribution in [-0.4, -0.2) is 38.1 Å². The predicted molar refractivity (Wildman–Crippen MR) is 67.3 cm³/mol. The number of anilines is 1. The van der Waals surface area contributed by atoms with Gasteiger partial charge in [0.25, 0.3) is 0 Å². The summed E-state index contributed by atoms with van der Waals surface area (Å²) in [4.78, 5) is 15.2. The van der Waals surface area contributed by atoms with Crippen molar-refractivity contribution in [1.29, 1.82) is 0 Å². The fourth-order valence-corrected chi connectivity index (χ4v) is 2.05. The van der Waals surface area contributed by atoms with Crippen LogP contribution in [0.25, 0.3) is 0 Å². The van der Waals surface area contributed by atoms with Crippen LogP contribution in [0.5, 0.6) is 0 Å².